The van der Waals surface area contributed by atoms with E-state index in [-0.39, 0.29) is 24.0 Å². The fourth-order valence-corrected chi connectivity index (χ4v) is 3.14. The molecule has 2 heterocycles. The topological polar surface area (TPSA) is 75.8 Å². The van der Waals surface area contributed by atoms with E-state index in [9.17, 15) is 0 Å². The van der Waals surface area contributed by atoms with Gasteiger partial charge in [-0.3, -0.25) is 4.40 Å². The summed E-state index contributed by atoms with van der Waals surface area (Å²) in [6, 6.07) is 12.2. The molecule has 1 aromatic carbocycles. The molecule has 0 fully saturated rings. The number of aryl methyl sites for hydroxylation is 1. The summed E-state index contributed by atoms with van der Waals surface area (Å²) >= 11 is 0. The maximum atomic E-state index is 6.05. The lowest BCUT2D eigenvalue weighted by molar-refractivity contribution is 0.303. The van der Waals surface area contributed by atoms with Gasteiger partial charge in [0.15, 0.2) is 17.4 Å². The minimum Gasteiger partial charge on any atom is -0.493 e. The molecule has 168 valence electrons. The Balaban J connectivity index is 0.00000341. The zero-order valence-corrected chi connectivity index (χ0v) is 20.9. The molecular formula is C23H33IN6O. The summed E-state index contributed by atoms with van der Waals surface area (Å²) in [5, 5.41) is 15.1. The number of hydrogen-bond acceptors (Lipinski definition) is 4. The van der Waals surface area contributed by atoms with Gasteiger partial charge in [-0.15, -0.1) is 34.2 Å². The Hall–Kier alpha value is -2.36. The van der Waals surface area contributed by atoms with E-state index in [4.69, 9.17) is 9.73 Å². The number of guanidine groups is 1. The van der Waals surface area contributed by atoms with Crippen LogP contribution < -0.4 is 15.4 Å². The number of benzene rings is 1. The molecule has 2 aromatic heterocycles. The highest BCUT2D eigenvalue weighted by Gasteiger charge is 2.08. The van der Waals surface area contributed by atoms with Gasteiger partial charge in [0.05, 0.1) is 19.7 Å². The number of halogens is 1. The van der Waals surface area contributed by atoms with E-state index in [1.54, 1.807) is 0 Å². The second-order valence-electron chi connectivity index (χ2n) is 7.26. The van der Waals surface area contributed by atoms with Gasteiger partial charge in [0, 0.05) is 18.3 Å². The van der Waals surface area contributed by atoms with E-state index in [1.165, 1.54) is 18.4 Å². The van der Waals surface area contributed by atoms with Crippen molar-refractivity contribution in [2.24, 2.45) is 4.99 Å². The first-order valence-electron chi connectivity index (χ1n) is 10.7. The van der Waals surface area contributed by atoms with Crippen LogP contribution in [0.1, 0.15) is 50.1 Å². The summed E-state index contributed by atoms with van der Waals surface area (Å²) < 4.78 is 8.02. The van der Waals surface area contributed by atoms with Crippen molar-refractivity contribution >= 4 is 35.6 Å². The number of nitrogens with zero attached hydrogens (tertiary/aromatic N) is 4. The summed E-state index contributed by atoms with van der Waals surface area (Å²) in [7, 11) is 0. The molecule has 0 aliphatic rings. The van der Waals surface area contributed by atoms with Crippen molar-refractivity contribution in [2.45, 2.75) is 53.1 Å². The third-order valence-corrected chi connectivity index (χ3v) is 4.78. The molecule has 0 unspecified atom stereocenters. The van der Waals surface area contributed by atoms with Crippen molar-refractivity contribution < 1.29 is 4.74 Å². The van der Waals surface area contributed by atoms with Gasteiger partial charge in [-0.25, -0.2) is 4.99 Å². The summed E-state index contributed by atoms with van der Waals surface area (Å²) in [4.78, 5) is 4.75. The van der Waals surface area contributed by atoms with Crippen molar-refractivity contribution in [3.8, 4) is 5.75 Å². The molecule has 2 N–H and O–H groups in total. The largest absolute Gasteiger partial charge is 0.493 e. The van der Waals surface area contributed by atoms with E-state index >= 15 is 0 Å². The lowest BCUT2D eigenvalue weighted by atomic mass is 10.1. The van der Waals surface area contributed by atoms with E-state index in [0.717, 1.165) is 48.3 Å². The molecule has 0 aliphatic heterocycles. The summed E-state index contributed by atoms with van der Waals surface area (Å²) in [6.45, 7) is 8.93. The number of nitrogens with one attached hydrogen (secondary N) is 2. The Kier molecular flexibility index (Phi) is 10.6. The molecule has 0 atom stereocenters. The van der Waals surface area contributed by atoms with Gasteiger partial charge in [0.2, 0.25) is 0 Å². The molecule has 8 heteroatoms. The predicted octanol–water partition coefficient (Wildman–Crippen LogP) is 4.48. The van der Waals surface area contributed by atoms with Crippen LogP contribution in [0.25, 0.3) is 5.65 Å². The minimum absolute atomic E-state index is 0. The summed E-state index contributed by atoms with van der Waals surface area (Å²) in [6.07, 6.45) is 5.41. The van der Waals surface area contributed by atoms with E-state index in [1.807, 2.05) is 28.8 Å². The number of fused-ring (bicyclic) bond motifs is 1. The lowest BCUT2D eigenvalue weighted by Crippen LogP contribution is -2.37. The van der Waals surface area contributed by atoms with Gasteiger partial charge in [-0.1, -0.05) is 38.0 Å². The quantitative estimate of drug-likeness (QED) is 0.173. The smallest absolute Gasteiger partial charge is 0.191 e. The van der Waals surface area contributed by atoms with Crippen molar-refractivity contribution in [1.29, 1.82) is 0 Å². The van der Waals surface area contributed by atoms with Crippen LogP contribution in [-0.2, 0) is 13.1 Å². The Labute approximate surface area is 201 Å². The monoisotopic (exact) mass is 536 g/mol. The van der Waals surface area contributed by atoms with Gasteiger partial charge in [-0.05, 0) is 44.0 Å². The number of ether oxygens (including phenoxy) is 1. The van der Waals surface area contributed by atoms with Gasteiger partial charge in [0.25, 0.3) is 0 Å². The van der Waals surface area contributed by atoms with Crippen LogP contribution in [0, 0.1) is 6.92 Å². The molecule has 0 saturated carbocycles. The van der Waals surface area contributed by atoms with Crippen LogP contribution >= 0.6 is 24.0 Å². The molecule has 0 bridgehead atoms. The van der Waals surface area contributed by atoms with E-state index in [2.05, 4.69) is 59.8 Å². The number of hydrogen-bond donors (Lipinski definition) is 2. The van der Waals surface area contributed by atoms with Gasteiger partial charge in [-0.2, -0.15) is 0 Å². The minimum atomic E-state index is 0. The van der Waals surface area contributed by atoms with Crippen molar-refractivity contribution in [3.05, 3.63) is 59.5 Å². The number of pyridine rings is 1. The SMILES string of the molecule is CCCCCOc1cc(C)ccc1CN=C(NCC)NCc1nnc2ccccn12.I. The van der Waals surface area contributed by atoms with E-state index < -0.39 is 0 Å². The standard InChI is InChI=1S/C23H32N6O.HI/c1-4-6-9-14-30-20-15-18(3)11-12-19(20)16-25-23(24-5-2)26-17-22-28-27-21-10-7-8-13-29(21)22;/h7-8,10-13,15H,4-6,9,14,16-17H2,1-3H3,(H2,24,25,26);1H. The van der Waals surface area contributed by atoms with Crippen LogP contribution in [0.2, 0.25) is 0 Å². The van der Waals surface area contributed by atoms with Crippen LogP contribution in [0.15, 0.2) is 47.6 Å². The van der Waals surface area contributed by atoms with Crippen molar-refractivity contribution in [1.82, 2.24) is 25.2 Å². The third-order valence-electron chi connectivity index (χ3n) is 4.78. The molecule has 0 amide bonds. The maximum Gasteiger partial charge on any atom is 0.191 e. The van der Waals surface area contributed by atoms with Crippen LogP contribution in [0.4, 0.5) is 0 Å². The number of aliphatic imine (C=N–C) groups is 1. The van der Waals surface area contributed by atoms with Crippen LogP contribution in [0.3, 0.4) is 0 Å². The average Bonchev–Trinajstić information content (AvgIpc) is 3.17. The molecule has 31 heavy (non-hydrogen) atoms. The summed E-state index contributed by atoms with van der Waals surface area (Å²) in [5.41, 5.74) is 3.11. The molecule has 0 radical (unpaired) electrons. The Morgan fingerprint density at radius 3 is 2.77 bits per heavy atom. The molecular weight excluding hydrogens is 503 g/mol. The highest BCUT2D eigenvalue weighted by Crippen LogP contribution is 2.21. The number of unbranched alkanes of at least 4 members (excludes halogenated alkanes) is 2. The first kappa shape index (κ1) is 24.9. The first-order valence-corrected chi connectivity index (χ1v) is 10.7. The molecule has 7 nitrogen and oxygen atoms in total. The zero-order chi connectivity index (χ0) is 21.2. The van der Waals surface area contributed by atoms with Gasteiger partial charge < -0.3 is 15.4 Å². The fourth-order valence-electron chi connectivity index (χ4n) is 3.14. The lowest BCUT2D eigenvalue weighted by Gasteiger charge is -2.13. The van der Waals surface area contributed by atoms with Crippen LogP contribution in [-0.4, -0.2) is 33.7 Å². The second kappa shape index (κ2) is 13.1. The second-order valence-corrected chi connectivity index (χ2v) is 7.26. The van der Waals surface area contributed by atoms with Crippen molar-refractivity contribution in [3.63, 3.8) is 0 Å². The predicted molar refractivity (Wildman–Crippen MR) is 136 cm³/mol. The van der Waals surface area contributed by atoms with Crippen molar-refractivity contribution in [2.75, 3.05) is 13.2 Å². The molecule has 0 saturated heterocycles. The Morgan fingerprint density at radius 2 is 1.97 bits per heavy atom. The average molecular weight is 536 g/mol. The zero-order valence-electron chi connectivity index (χ0n) is 18.6. The van der Waals surface area contributed by atoms with E-state index in [0.29, 0.717) is 13.1 Å². The molecule has 3 aromatic rings. The number of rotatable bonds is 10. The third kappa shape index (κ3) is 7.37. The fraction of sp³-hybridized carbons (Fsp3) is 0.435. The Bertz CT molecular complexity index is 972. The first-order chi connectivity index (χ1) is 14.7. The van der Waals surface area contributed by atoms with Gasteiger partial charge >= 0.3 is 0 Å². The summed E-state index contributed by atoms with van der Waals surface area (Å²) in [5.74, 6) is 2.50. The maximum absolute atomic E-state index is 6.05. The normalized spacial score (nSPS) is 11.3. The van der Waals surface area contributed by atoms with Gasteiger partial charge in [0.1, 0.15) is 5.75 Å². The molecule has 0 aliphatic carbocycles. The molecule has 0 spiro atoms. The molecule has 3 rings (SSSR count). The van der Waals surface area contributed by atoms with Crippen LogP contribution in [0.5, 0.6) is 5.75 Å². The highest BCUT2D eigenvalue weighted by atomic mass is 127. The Morgan fingerprint density at radius 1 is 1.10 bits per heavy atom. The number of aromatic nitrogens is 3. The highest BCUT2D eigenvalue weighted by molar-refractivity contribution is 14.0.